The lowest BCUT2D eigenvalue weighted by atomic mass is 10.2. The van der Waals surface area contributed by atoms with Crippen molar-refractivity contribution >= 4 is 23.5 Å². The summed E-state index contributed by atoms with van der Waals surface area (Å²) in [5, 5.41) is 6.24. The molecule has 0 aliphatic carbocycles. The molecule has 2 rings (SSSR count). The number of rotatable bonds is 5. The normalized spacial score (nSPS) is 12.2. The molecule has 0 aliphatic rings. The Balaban J connectivity index is 2.13. The van der Waals surface area contributed by atoms with Gasteiger partial charge in [-0.3, -0.25) is 0 Å². The number of nitrogens with one attached hydrogen (secondary N) is 2. The van der Waals surface area contributed by atoms with Crippen LogP contribution in [-0.4, -0.2) is 21.5 Å². The summed E-state index contributed by atoms with van der Waals surface area (Å²) in [6, 6.07) is 3.66. The van der Waals surface area contributed by atoms with Crippen LogP contribution < -0.4 is 10.6 Å². The van der Waals surface area contributed by atoms with E-state index < -0.39 is 0 Å². The zero-order valence-electron chi connectivity index (χ0n) is 10.1. The fraction of sp³-hybridized carbons (Fsp3) is 0.364. The van der Waals surface area contributed by atoms with Crippen LogP contribution in [0.5, 0.6) is 0 Å². The Hall–Kier alpha value is -1.82. The maximum atomic E-state index is 5.83. The van der Waals surface area contributed by atoms with Crippen molar-refractivity contribution in [1.29, 1.82) is 0 Å². The van der Waals surface area contributed by atoms with Crippen LogP contribution in [0.1, 0.15) is 25.6 Å². The molecule has 7 heteroatoms. The topological polar surface area (TPSA) is 75.9 Å². The third-order valence-corrected chi connectivity index (χ3v) is 2.43. The Morgan fingerprint density at radius 2 is 2.11 bits per heavy atom. The van der Waals surface area contributed by atoms with Gasteiger partial charge in [0.15, 0.2) is 0 Å². The number of aromatic nitrogens is 3. The second kappa shape index (κ2) is 5.68. The van der Waals surface area contributed by atoms with E-state index in [0.29, 0.717) is 18.4 Å². The summed E-state index contributed by atoms with van der Waals surface area (Å²) in [6.07, 6.45) is 1.62. The monoisotopic (exact) mass is 267 g/mol. The van der Waals surface area contributed by atoms with Gasteiger partial charge in [0.25, 0.3) is 0 Å². The molecule has 0 spiro atoms. The molecule has 2 N–H and O–H groups in total. The third-order valence-electron chi connectivity index (χ3n) is 2.26. The lowest BCUT2D eigenvalue weighted by Gasteiger charge is -2.12. The summed E-state index contributed by atoms with van der Waals surface area (Å²) in [5.41, 5.74) is 0. The van der Waals surface area contributed by atoms with Gasteiger partial charge in [-0.05, 0) is 37.6 Å². The quantitative estimate of drug-likeness (QED) is 0.867. The van der Waals surface area contributed by atoms with Crippen molar-refractivity contribution in [1.82, 2.24) is 15.0 Å². The van der Waals surface area contributed by atoms with Gasteiger partial charge >= 0.3 is 0 Å². The Bertz CT molecular complexity index is 502. The average molecular weight is 268 g/mol. The molecule has 0 saturated carbocycles. The van der Waals surface area contributed by atoms with E-state index in [-0.39, 0.29) is 11.3 Å². The summed E-state index contributed by atoms with van der Waals surface area (Å²) in [6.45, 7) is 4.62. The third kappa shape index (κ3) is 3.10. The van der Waals surface area contributed by atoms with E-state index in [1.54, 1.807) is 6.26 Å². The van der Waals surface area contributed by atoms with E-state index in [9.17, 15) is 0 Å². The Morgan fingerprint density at radius 1 is 1.33 bits per heavy atom. The molecule has 6 nitrogen and oxygen atoms in total. The smallest absolute Gasteiger partial charge is 0.229 e. The number of nitrogens with zero attached hydrogens (tertiary/aromatic N) is 3. The summed E-state index contributed by atoms with van der Waals surface area (Å²) in [5.74, 6) is 1.66. The molecular weight excluding hydrogens is 254 g/mol. The molecule has 0 aliphatic heterocycles. The molecule has 2 aromatic heterocycles. The van der Waals surface area contributed by atoms with Crippen LogP contribution in [0.15, 0.2) is 22.8 Å². The van der Waals surface area contributed by atoms with Crippen LogP contribution in [0.2, 0.25) is 5.28 Å². The summed E-state index contributed by atoms with van der Waals surface area (Å²) < 4.78 is 5.29. The number of halogens is 1. The van der Waals surface area contributed by atoms with E-state index >= 15 is 0 Å². The molecule has 0 fully saturated rings. The summed E-state index contributed by atoms with van der Waals surface area (Å²) in [7, 11) is 0. The van der Waals surface area contributed by atoms with Crippen molar-refractivity contribution in [2.24, 2.45) is 0 Å². The Kier molecular flexibility index (Phi) is 3.99. The predicted octanol–water partition coefficient (Wildman–Crippen LogP) is 2.72. The van der Waals surface area contributed by atoms with Crippen LogP contribution in [-0.2, 0) is 0 Å². The number of furan rings is 1. The van der Waals surface area contributed by atoms with E-state index in [1.165, 1.54) is 0 Å². The molecule has 18 heavy (non-hydrogen) atoms. The SMILES string of the molecule is CCNc1nc(Cl)nc(NC(C)c2ccco2)n1. The zero-order chi connectivity index (χ0) is 13.0. The maximum Gasteiger partial charge on any atom is 0.229 e. The van der Waals surface area contributed by atoms with Crippen molar-refractivity contribution < 1.29 is 4.42 Å². The van der Waals surface area contributed by atoms with Crippen LogP contribution in [0, 0.1) is 0 Å². The van der Waals surface area contributed by atoms with Gasteiger partial charge in [-0.15, -0.1) is 0 Å². The molecule has 0 saturated heterocycles. The largest absolute Gasteiger partial charge is 0.467 e. The minimum atomic E-state index is -0.0482. The van der Waals surface area contributed by atoms with Crippen molar-refractivity contribution in [2.75, 3.05) is 17.2 Å². The second-order valence-electron chi connectivity index (χ2n) is 3.66. The Morgan fingerprint density at radius 3 is 2.78 bits per heavy atom. The summed E-state index contributed by atoms with van der Waals surface area (Å²) in [4.78, 5) is 12.2. The summed E-state index contributed by atoms with van der Waals surface area (Å²) >= 11 is 5.83. The number of hydrogen-bond acceptors (Lipinski definition) is 6. The highest BCUT2D eigenvalue weighted by Gasteiger charge is 2.11. The van der Waals surface area contributed by atoms with Crippen LogP contribution in [0.25, 0.3) is 0 Å². The zero-order valence-corrected chi connectivity index (χ0v) is 10.9. The number of anilines is 2. The fourth-order valence-corrected chi connectivity index (χ4v) is 1.61. The first-order valence-corrected chi connectivity index (χ1v) is 6.02. The Labute approximate surface area is 110 Å². The van der Waals surface area contributed by atoms with Gasteiger partial charge in [0.2, 0.25) is 17.2 Å². The van der Waals surface area contributed by atoms with Gasteiger partial charge in [-0.1, -0.05) is 0 Å². The molecular formula is C11H14ClN5O. The van der Waals surface area contributed by atoms with Gasteiger partial charge in [0, 0.05) is 6.54 Å². The molecule has 2 aromatic rings. The van der Waals surface area contributed by atoms with Gasteiger partial charge in [-0.2, -0.15) is 15.0 Å². The van der Waals surface area contributed by atoms with Crippen molar-refractivity contribution in [2.45, 2.75) is 19.9 Å². The molecule has 0 radical (unpaired) electrons. The molecule has 1 atom stereocenters. The molecule has 0 bridgehead atoms. The van der Waals surface area contributed by atoms with E-state index in [2.05, 4.69) is 25.6 Å². The van der Waals surface area contributed by atoms with Crippen molar-refractivity contribution in [3.63, 3.8) is 0 Å². The second-order valence-corrected chi connectivity index (χ2v) is 4.00. The first-order chi connectivity index (χ1) is 8.69. The van der Waals surface area contributed by atoms with E-state index in [4.69, 9.17) is 16.0 Å². The van der Waals surface area contributed by atoms with Crippen LogP contribution in [0.3, 0.4) is 0 Å². The minimum Gasteiger partial charge on any atom is -0.467 e. The van der Waals surface area contributed by atoms with Crippen LogP contribution in [0.4, 0.5) is 11.9 Å². The lowest BCUT2D eigenvalue weighted by Crippen LogP contribution is -2.11. The molecule has 0 aromatic carbocycles. The predicted molar refractivity (Wildman–Crippen MR) is 69.7 cm³/mol. The van der Waals surface area contributed by atoms with Gasteiger partial charge in [0.05, 0.1) is 12.3 Å². The highest BCUT2D eigenvalue weighted by Crippen LogP contribution is 2.18. The average Bonchev–Trinajstić information content (AvgIpc) is 2.81. The maximum absolute atomic E-state index is 5.83. The molecule has 2 heterocycles. The van der Waals surface area contributed by atoms with Gasteiger partial charge < -0.3 is 15.1 Å². The fourth-order valence-electron chi connectivity index (χ4n) is 1.45. The van der Waals surface area contributed by atoms with Crippen molar-refractivity contribution in [3.05, 3.63) is 29.4 Å². The highest BCUT2D eigenvalue weighted by atomic mass is 35.5. The minimum absolute atomic E-state index is 0.0482. The standard InChI is InChI=1S/C11H14ClN5O/c1-3-13-10-15-9(12)16-11(17-10)14-7(2)8-5-4-6-18-8/h4-7H,3H2,1-2H3,(H2,13,14,15,16,17). The first-order valence-electron chi connectivity index (χ1n) is 5.64. The molecule has 0 amide bonds. The van der Waals surface area contributed by atoms with Crippen LogP contribution >= 0.6 is 11.6 Å². The number of hydrogen-bond donors (Lipinski definition) is 2. The van der Waals surface area contributed by atoms with Gasteiger partial charge in [-0.25, -0.2) is 0 Å². The van der Waals surface area contributed by atoms with Gasteiger partial charge in [0.1, 0.15) is 5.76 Å². The van der Waals surface area contributed by atoms with E-state index in [1.807, 2.05) is 26.0 Å². The highest BCUT2D eigenvalue weighted by molar-refractivity contribution is 6.28. The van der Waals surface area contributed by atoms with E-state index in [0.717, 1.165) is 5.76 Å². The molecule has 1 unspecified atom stereocenters. The first kappa shape index (κ1) is 12.6. The lowest BCUT2D eigenvalue weighted by molar-refractivity contribution is 0.489. The van der Waals surface area contributed by atoms with Crippen molar-refractivity contribution in [3.8, 4) is 0 Å². The molecule has 96 valence electrons.